The molecule has 2 aromatic carbocycles. The maximum atomic E-state index is 13.8. The summed E-state index contributed by atoms with van der Waals surface area (Å²) in [5.74, 6) is 1.03. The summed E-state index contributed by atoms with van der Waals surface area (Å²) < 4.78 is 21.6. The zero-order chi connectivity index (χ0) is 24.8. The fourth-order valence-electron chi connectivity index (χ4n) is 4.44. The van der Waals surface area contributed by atoms with Crippen molar-refractivity contribution in [3.63, 3.8) is 0 Å². The van der Waals surface area contributed by atoms with Gasteiger partial charge in [0, 0.05) is 11.7 Å². The predicted molar refractivity (Wildman–Crippen MR) is 131 cm³/mol. The molecular weight excluding hydrogens is 448 g/mol. The van der Waals surface area contributed by atoms with Crippen LogP contribution in [0.15, 0.2) is 65.3 Å². The molecule has 184 valence electrons. The van der Waals surface area contributed by atoms with Crippen molar-refractivity contribution in [1.29, 1.82) is 0 Å². The third kappa shape index (κ3) is 5.26. The zero-order valence-corrected chi connectivity index (χ0v) is 20.2. The molecule has 1 atom stereocenters. The second kappa shape index (κ2) is 11.0. The lowest BCUT2D eigenvalue weighted by Gasteiger charge is -2.32. The molecule has 0 bridgehead atoms. The van der Waals surface area contributed by atoms with Gasteiger partial charge in [-0.3, -0.25) is 14.5 Å². The van der Waals surface area contributed by atoms with E-state index in [1.807, 2.05) is 0 Å². The molecule has 0 saturated heterocycles. The van der Waals surface area contributed by atoms with Crippen molar-refractivity contribution >= 4 is 17.5 Å². The van der Waals surface area contributed by atoms with E-state index in [1.54, 1.807) is 68.8 Å². The molecular formula is C27H30N2O6. The Morgan fingerprint density at radius 1 is 0.943 bits per heavy atom. The highest BCUT2D eigenvalue weighted by Crippen LogP contribution is 2.36. The van der Waals surface area contributed by atoms with Crippen LogP contribution in [0.2, 0.25) is 0 Å². The Morgan fingerprint density at radius 3 is 2.26 bits per heavy atom. The van der Waals surface area contributed by atoms with E-state index in [9.17, 15) is 9.59 Å². The number of hydrogen-bond donors (Lipinski definition) is 1. The first-order valence-corrected chi connectivity index (χ1v) is 11.6. The van der Waals surface area contributed by atoms with Crippen LogP contribution in [0, 0.1) is 0 Å². The normalized spacial score (nSPS) is 14.3. The molecule has 0 aliphatic heterocycles. The number of nitrogens with one attached hydrogen (secondary N) is 1. The Hall–Kier alpha value is -3.94. The van der Waals surface area contributed by atoms with Gasteiger partial charge in [0.2, 0.25) is 5.91 Å². The van der Waals surface area contributed by atoms with Crippen molar-refractivity contribution in [2.45, 2.75) is 37.8 Å². The molecule has 1 aromatic heterocycles. The molecule has 0 spiro atoms. The summed E-state index contributed by atoms with van der Waals surface area (Å²) in [6, 6.07) is 14.5. The summed E-state index contributed by atoms with van der Waals surface area (Å²) in [6.07, 6.45) is 5.40. The maximum absolute atomic E-state index is 13.8. The molecule has 1 heterocycles. The third-order valence-electron chi connectivity index (χ3n) is 6.23. The van der Waals surface area contributed by atoms with Gasteiger partial charge in [-0.05, 0) is 66.9 Å². The van der Waals surface area contributed by atoms with Crippen molar-refractivity contribution in [2.24, 2.45) is 0 Å². The molecule has 1 aliphatic rings. The average molecular weight is 479 g/mol. The van der Waals surface area contributed by atoms with E-state index >= 15 is 0 Å². The summed E-state index contributed by atoms with van der Waals surface area (Å²) in [5, 5.41) is 3.16. The number of anilines is 1. The average Bonchev–Trinajstić information content (AvgIpc) is 3.61. The molecule has 1 aliphatic carbocycles. The van der Waals surface area contributed by atoms with Crippen LogP contribution in [0.25, 0.3) is 0 Å². The maximum Gasteiger partial charge on any atom is 0.294 e. The molecule has 8 nitrogen and oxygen atoms in total. The van der Waals surface area contributed by atoms with Crippen LogP contribution in [0.3, 0.4) is 0 Å². The molecule has 1 fully saturated rings. The molecule has 35 heavy (non-hydrogen) atoms. The summed E-state index contributed by atoms with van der Waals surface area (Å²) in [7, 11) is 4.65. The highest BCUT2D eigenvalue weighted by molar-refractivity contribution is 6.08. The van der Waals surface area contributed by atoms with E-state index in [0.29, 0.717) is 28.5 Å². The van der Waals surface area contributed by atoms with Crippen molar-refractivity contribution < 1.29 is 28.2 Å². The second-order valence-electron chi connectivity index (χ2n) is 8.36. The van der Waals surface area contributed by atoms with Gasteiger partial charge in [-0.25, -0.2) is 0 Å². The number of carbonyl (C=O) groups excluding carboxylic acids is 2. The largest absolute Gasteiger partial charge is 0.497 e. The van der Waals surface area contributed by atoms with Crippen LogP contribution in [0.4, 0.5) is 5.69 Å². The lowest BCUT2D eigenvalue weighted by molar-refractivity contribution is -0.123. The van der Waals surface area contributed by atoms with E-state index in [1.165, 1.54) is 18.3 Å². The van der Waals surface area contributed by atoms with Crippen LogP contribution >= 0.6 is 0 Å². The number of rotatable bonds is 9. The number of methoxy groups -OCH3 is 3. The molecule has 3 aromatic rings. The van der Waals surface area contributed by atoms with Gasteiger partial charge in [0.05, 0.1) is 27.6 Å². The van der Waals surface area contributed by atoms with Crippen molar-refractivity contribution in [3.8, 4) is 17.2 Å². The van der Waals surface area contributed by atoms with Crippen molar-refractivity contribution in [2.75, 3.05) is 26.2 Å². The molecule has 0 radical (unpaired) electrons. The molecule has 8 heteroatoms. The highest BCUT2D eigenvalue weighted by atomic mass is 16.5. The van der Waals surface area contributed by atoms with Gasteiger partial charge in [-0.2, -0.15) is 0 Å². The lowest BCUT2D eigenvalue weighted by Crippen LogP contribution is -2.46. The Balaban J connectivity index is 1.84. The summed E-state index contributed by atoms with van der Waals surface area (Å²) >= 11 is 0. The van der Waals surface area contributed by atoms with Gasteiger partial charge in [0.25, 0.3) is 5.91 Å². The fourth-order valence-corrected chi connectivity index (χ4v) is 4.44. The minimum absolute atomic E-state index is 0.0709. The fraction of sp³-hybridized carbons (Fsp3) is 0.333. The predicted octanol–water partition coefficient (Wildman–Crippen LogP) is 4.75. The third-order valence-corrected chi connectivity index (χ3v) is 6.23. The number of ether oxygens (including phenoxy) is 3. The van der Waals surface area contributed by atoms with Crippen LogP contribution in [0.5, 0.6) is 17.2 Å². The van der Waals surface area contributed by atoms with Gasteiger partial charge < -0.3 is 23.9 Å². The van der Waals surface area contributed by atoms with E-state index in [2.05, 4.69) is 5.32 Å². The van der Waals surface area contributed by atoms with Crippen LogP contribution < -0.4 is 24.4 Å². The zero-order valence-electron chi connectivity index (χ0n) is 20.2. The van der Waals surface area contributed by atoms with E-state index in [0.717, 1.165) is 25.7 Å². The standard InChI is InChI=1S/C27H30N2O6/c1-32-21-13-11-20(12-14-21)29(27(31)23-9-6-16-35-23)25(26(30)28-19-7-4-5-8-19)18-10-15-22(33-2)24(17-18)34-3/h6,9-17,19,25H,4-5,7-8H2,1-3H3,(H,28,30)/t25-/m1/s1. The summed E-state index contributed by atoms with van der Waals surface area (Å²) in [6.45, 7) is 0. The Morgan fingerprint density at radius 2 is 1.66 bits per heavy atom. The number of benzene rings is 2. The number of furan rings is 1. The number of nitrogens with zero attached hydrogens (tertiary/aromatic N) is 1. The smallest absolute Gasteiger partial charge is 0.294 e. The first-order valence-electron chi connectivity index (χ1n) is 11.6. The second-order valence-corrected chi connectivity index (χ2v) is 8.36. The summed E-state index contributed by atoms with van der Waals surface area (Å²) in [4.78, 5) is 29.0. The van der Waals surface area contributed by atoms with Gasteiger partial charge in [-0.1, -0.05) is 18.9 Å². The molecule has 4 rings (SSSR count). The van der Waals surface area contributed by atoms with E-state index in [-0.39, 0.29) is 17.7 Å². The number of hydrogen-bond acceptors (Lipinski definition) is 6. The SMILES string of the molecule is COc1ccc(N(C(=O)c2ccco2)[C@@H](C(=O)NC2CCCC2)c2ccc(OC)c(OC)c2)cc1. The molecule has 1 saturated carbocycles. The molecule has 2 amide bonds. The topological polar surface area (TPSA) is 90.2 Å². The highest BCUT2D eigenvalue weighted by Gasteiger charge is 2.36. The minimum atomic E-state index is -0.985. The van der Waals surface area contributed by atoms with Crippen molar-refractivity contribution in [3.05, 3.63) is 72.2 Å². The van der Waals surface area contributed by atoms with Gasteiger partial charge in [0.15, 0.2) is 17.3 Å². The number of carbonyl (C=O) groups is 2. The summed E-state index contributed by atoms with van der Waals surface area (Å²) in [5.41, 5.74) is 1.10. The Labute approximate surface area is 204 Å². The van der Waals surface area contributed by atoms with Gasteiger partial charge >= 0.3 is 0 Å². The number of amides is 2. The Bertz CT molecular complexity index is 1140. The first kappa shape index (κ1) is 24.2. The lowest BCUT2D eigenvalue weighted by atomic mass is 10.0. The minimum Gasteiger partial charge on any atom is -0.497 e. The molecule has 1 N–H and O–H groups in total. The van der Waals surface area contributed by atoms with E-state index < -0.39 is 11.9 Å². The van der Waals surface area contributed by atoms with Crippen molar-refractivity contribution in [1.82, 2.24) is 5.32 Å². The van der Waals surface area contributed by atoms with Gasteiger partial charge in [0.1, 0.15) is 11.8 Å². The Kier molecular flexibility index (Phi) is 7.60. The van der Waals surface area contributed by atoms with Crippen LogP contribution in [-0.2, 0) is 4.79 Å². The van der Waals surface area contributed by atoms with E-state index in [4.69, 9.17) is 18.6 Å². The monoisotopic (exact) mass is 478 g/mol. The van der Waals surface area contributed by atoms with Crippen LogP contribution in [-0.4, -0.2) is 39.2 Å². The quantitative estimate of drug-likeness (QED) is 0.477. The molecule has 0 unspecified atom stereocenters. The van der Waals surface area contributed by atoms with Crippen LogP contribution in [0.1, 0.15) is 47.8 Å². The van der Waals surface area contributed by atoms with Gasteiger partial charge in [-0.15, -0.1) is 0 Å². The first-order chi connectivity index (χ1) is 17.0.